The quantitative estimate of drug-likeness (QED) is 0.539. The first-order chi connectivity index (χ1) is 4.75. The molecule has 0 saturated carbocycles. The van der Waals surface area contributed by atoms with E-state index in [1.165, 1.54) is 0 Å². The van der Waals surface area contributed by atoms with Crippen LogP contribution in [0.15, 0.2) is 16.6 Å². The van der Waals surface area contributed by atoms with Gasteiger partial charge in [-0.1, -0.05) is 0 Å². The lowest BCUT2D eigenvalue weighted by Crippen LogP contribution is -2.15. The van der Waals surface area contributed by atoms with Crippen LogP contribution in [0.5, 0.6) is 0 Å². The predicted molar refractivity (Wildman–Crippen MR) is 35.3 cm³/mol. The number of nitrogens with zero attached hydrogens (tertiary/aromatic N) is 1. The minimum Gasteiger partial charge on any atom is -0.508 e. The number of allylic oxidation sites excluding steroid dienone is 1. The average Bonchev–Trinajstić information content (AvgIpc) is 1.95. The Balaban J connectivity index is 2.81. The highest BCUT2D eigenvalue weighted by atomic mass is 16.3. The second kappa shape index (κ2) is 2.79. The van der Waals surface area contributed by atoms with Crippen molar-refractivity contribution in [3.05, 3.63) is 16.4 Å². The van der Waals surface area contributed by atoms with Gasteiger partial charge in [0.05, 0.1) is 0 Å². The summed E-state index contributed by atoms with van der Waals surface area (Å²) in [5, 5.41) is 20.5. The van der Waals surface area contributed by atoms with Crippen molar-refractivity contribution in [2.75, 3.05) is 0 Å². The van der Waals surface area contributed by atoms with Gasteiger partial charge in [0.25, 0.3) is 0 Å². The van der Waals surface area contributed by atoms with E-state index < -0.39 is 6.10 Å². The van der Waals surface area contributed by atoms with E-state index in [1.54, 1.807) is 0 Å². The number of aliphatic hydroxyl groups is 2. The molecule has 0 saturated heterocycles. The summed E-state index contributed by atoms with van der Waals surface area (Å²) in [4.78, 5) is 9.94. The molecule has 56 valence electrons. The van der Waals surface area contributed by atoms with E-state index in [9.17, 15) is 4.91 Å². The van der Waals surface area contributed by atoms with Gasteiger partial charge >= 0.3 is 0 Å². The molecular weight excluding hydrogens is 134 g/mol. The van der Waals surface area contributed by atoms with E-state index in [0.29, 0.717) is 19.3 Å². The fraction of sp³-hybridized carbons (Fsp3) is 0.667. The van der Waals surface area contributed by atoms with Gasteiger partial charge in [-0.3, -0.25) is 0 Å². The molecule has 0 aromatic rings. The average molecular weight is 143 g/mol. The molecule has 1 aliphatic carbocycles. The first-order valence-corrected chi connectivity index (χ1v) is 3.19. The lowest BCUT2D eigenvalue weighted by Gasteiger charge is -2.15. The maximum absolute atomic E-state index is 9.94. The molecule has 0 radical (unpaired) electrons. The monoisotopic (exact) mass is 143 g/mol. The fourth-order valence-electron chi connectivity index (χ4n) is 1.01. The van der Waals surface area contributed by atoms with Crippen LogP contribution in [0.4, 0.5) is 0 Å². The zero-order valence-electron chi connectivity index (χ0n) is 5.45. The Kier molecular flexibility index (Phi) is 2.01. The van der Waals surface area contributed by atoms with E-state index in [2.05, 4.69) is 5.18 Å². The Bertz CT molecular complexity index is 176. The molecule has 0 aromatic carbocycles. The molecule has 0 bridgehead atoms. The third-order valence-electron chi connectivity index (χ3n) is 1.61. The predicted octanol–water partition coefficient (Wildman–Crippen LogP) is 1.07. The van der Waals surface area contributed by atoms with Gasteiger partial charge in [-0.2, -0.15) is 0 Å². The number of aliphatic hydroxyl groups excluding tert-OH is 2. The van der Waals surface area contributed by atoms with Gasteiger partial charge in [-0.15, -0.1) is 4.91 Å². The van der Waals surface area contributed by atoms with Crippen LogP contribution in [0.2, 0.25) is 0 Å². The Morgan fingerprint density at radius 1 is 1.60 bits per heavy atom. The molecule has 10 heavy (non-hydrogen) atoms. The highest BCUT2D eigenvalue weighted by Gasteiger charge is 2.20. The van der Waals surface area contributed by atoms with Crippen LogP contribution < -0.4 is 0 Å². The molecule has 0 aliphatic heterocycles. The van der Waals surface area contributed by atoms with Crippen LogP contribution in [0.25, 0.3) is 0 Å². The minimum atomic E-state index is -0.874. The van der Waals surface area contributed by atoms with Gasteiger partial charge in [0.1, 0.15) is 17.6 Å². The molecule has 2 N–H and O–H groups in total. The van der Waals surface area contributed by atoms with Crippen LogP contribution in [-0.4, -0.2) is 16.3 Å². The fourth-order valence-corrected chi connectivity index (χ4v) is 1.01. The molecule has 4 heteroatoms. The summed E-state index contributed by atoms with van der Waals surface area (Å²) >= 11 is 0. The largest absolute Gasteiger partial charge is 0.508 e. The molecule has 1 rings (SSSR count). The molecule has 0 heterocycles. The molecule has 1 aliphatic rings. The zero-order valence-corrected chi connectivity index (χ0v) is 5.45. The zero-order chi connectivity index (χ0) is 7.56. The van der Waals surface area contributed by atoms with Crippen molar-refractivity contribution in [1.29, 1.82) is 0 Å². The molecule has 0 fully saturated rings. The van der Waals surface area contributed by atoms with E-state index in [1.807, 2.05) is 0 Å². The third-order valence-corrected chi connectivity index (χ3v) is 1.61. The van der Waals surface area contributed by atoms with Gasteiger partial charge < -0.3 is 10.2 Å². The van der Waals surface area contributed by atoms with Crippen molar-refractivity contribution < 1.29 is 10.2 Å². The minimum absolute atomic E-state index is 0.0961. The van der Waals surface area contributed by atoms with Crippen molar-refractivity contribution in [3.63, 3.8) is 0 Å². The van der Waals surface area contributed by atoms with Crippen LogP contribution >= 0.6 is 0 Å². The summed E-state index contributed by atoms with van der Waals surface area (Å²) in [6.07, 6.45) is 0.838. The second-order valence-corrected chi connectivity index (χ2v) is 2.33. The molecule has 1 atom stereocenters. The lowest BCUT2D eigenvalue weighted by molar-refractivity contribution is 0.130. The van der Waals surface area contributed by atoms with Crippen LogP contribution in [0, 0.1) is 4.91 Å². The maximum atomic E-state index is 9.94. The molecule has 0 aromatic heterocycles. The summed E-state index contributed by atoms with van der Waals surface area (Å²) < 4.78 is 0. The van der Waals surface area contributed by atoms with Gasteiger partial charge in [0.2, 0.25) is 0 Å². The van der Waals surface area contributed by atoms with E-state index >= 15 is 0 Å². The summed E-state index contributed by atoms with van der Waals surface area (Å²) in [7, 11) is 0. The van der Waals surface area contributed by atoms with Gasteiger partial charge in [0, 0.05) is 0 Å². The summed E-state index contributed by atoms with van der Waals surface area (Å²) in [5.74, 6) is -0.249. The maximum Gasteiger partial charge on any atom is 0.146 e. The van der Waals surface area contributed by atoms with E-state index in [-0.39, 0.29) is 11.5 Å². The SMILES string of the molecule is O=NC1=C(O)C(O)CCC1. The first kappa shape index (κ1) is 7.21. The molecular formula is C6H9NO3. The number of nitroso groups, excluding NO2 is 1. The van der Waals surface area contributed by atoms with Crippen LogP contribution in [0.1, 0.15) is 19.3 Å². The van der Waals surface area contributed by atoms with Gasteiger partial charge in [-0.05, 0) is 24.4 Å². The van der Waals surface area contributed by atoms with Crippen molar-refractivity contribution in [2.24, 2.45) is 5.18 Å². The van der Waals surface area contributed by atoms with Crippen molar-refractivity contribution in [3.8, 4) is 0 Å². The number of hydrogen-bond acceptors (Lipinski definition) is 4. The summed E-state index contributed by atoms with van der Waals surface area (Å²) in [6.45, 7) is 0. The molecule has 4 nitrogen and oxygen atoms in total. The second-order valence-electron chi connectivity index (χ2n) is 2.33. The van der Waals surface area contributed by atoms with E-state index in [0.717, 1.165) is 0 Å². The van der Waals surface area contributed by atoms with Crippen LogP contribution in [-0.2, 0) is 0 Å². The topological polar surface area (TPSA) is 69.9 Å². The third kappa shape index (κ3) is 1.16. The summed E-state index contributed by atoms with van der Waals surface area (Å²) in [6, 6.07) is 0. The van der Waals surface area contributed by atoms with Crippen molar-refractivity contribution in [1.82, 2.24) is 0 Å². The van der Waals surface area contributed by atoms with Crippen LogP contribution in [0.3, 0.4) is 0 Å². The Hall–Kier alpha value is -0.900. The number of hydrogen-bond donors (Lipinski definition) is 2. The standard InChI is InChI=1S/C6H9NO3/c8-5-3-1-2-4(7-10)6(5)9/h5,8-9H,1-3H2. The first-order valence-electron chi connectivity index (χ1n) is 3.19. The van der Waals surface area contributed by atoms with E-state index in [4.69, 9.17) is 10.2 Å². The molecule has 1 unspecified atom stereocenters. The molecule has 0 spiro atoms. The van der Waals surface area contributed by atoms with Crippen molar-refractivity contribution in [2.45, 2.75) is 25.4 Å². The van der Waals surface area contributed by atoms with Gasteiger partial charge in [-0.25, -0.2) is 0 Å². The lowest BCUT2D eigenvalue weighted by atomic mass is 10.0. The smallest absolute Gasteiger partial charge is 0.146 e. The Morgan fingerprint density at radius 3 is 2.80 bits per heavy atom. The summed E-state index contributed by atoms with van der Waals surface area (Å²) in [5.41, 5.74) is 0.0961. The highest BCUT2D eigenvalue weighted by molar-refractivity contribution is 5.12. The Labute approximate surface area is 58.2 Å². The number of rotatable bonds is 1. The normalized spacial score (nSPS) is 26.7. The van der Waals surface area contributed by atoms with Gasteiger partial charge in [0.15, 0.2) is 0 Å². The highest BCUT2D eigenvalue weighted by Crippen LogP contribution is 2.23. The molecule has 0 amide bonds. The van der Waals surface area contributed by atoms with Crippen molar-refractivity contribution >= 4 is 0 Å². The Morgan fingerprint density at radius 2 is 2.30 bits per heavy atom.